The number of piperidine rings is 1. The molecule has 1 spiro atoms. The molecular formula is C24H33NO5. The van der Waals surface area contributed by atoms with Crippen LogP contribution in [-0.4, -0.2) is 72.4 Å². The van der Waals surface area contributed by atoms with Crippen LogP contribution in [0.4, 0.5) is 0 Å². The van der Waals surface area contributed by atoms with Gasteiger partial charge in [0.25, 0.3) is 0 Å². The molecule has 1 unspecified atom stereocenters. The van der Waals surface area contributed by atoms with Gasteiger partial charge in [-0.3, -0.25) is 4.90 Å². The highest BCUT2D eigenvalue weighted by molar-refractivity contribution is 5.62. The Bertz CT molecular complexity index is 841. The number of hydrogen-bond acceptors (Lipinski definition) is 6. The van der Waals surface area contributed by atoms with Crippen LogP contribution in [0.2, 0.25) is 0 Å². The Morgan fingerprint density at radius 1 is 1.20 bits per heavy atom. The van der Waals surface area contributed by atoms with Crippen LogP contribution in [0.15, 0.2) is 12.1 Å². The predicted octanol–water partition coefficient (Wildman–Crippen LogP) is 2.38. The van der Waals surface area contributed by atoms with E-state index >= 15 is 0 Å². The Morgan fingerprint density at radius 3 is 2.83 bits per heavy atom. The normalized spacial score (nSPS) is 39.3. The average Bonchev–Trinajstić information content (AvgIpc) is 3.05. The lowest BCUT2D eigenvalue weighted by Gasteiger charge is -2.64. The van der Waals surface area contributed by atoms with E-state index in [-0.39, 0.29) is 24.0 Å². The van der Waals surface area contributed by atoms with E-state index in [0.29, 0.717) is 25.4 Å². The van der Waals surface area contributed by atoms with Crippen LogP contribution in [0.25, 0.3) is 0 Å². The number of likely N-dealkylation sites (tertiary alicyclic amines) is 1. The van der Waals surface area contributed by atoms with Crippen LogP contribution in [0, 0.1) is 5.92 Å². The van der Waals surface area contributed by atoms with E-state index in [1.807, 2.05) is 0 Å². The van der Waals surface area contributed by atoms with Crippen molar-refractivity contribution in [1.29, 1.82) is 0 Å². The molecule has 6 nitrogen and oxygen atoms in total. The summed E-state index contributed by atoms with van der Waals surface area (Å²) in [5.41, 5.74) is 0.962. The van der Waals surface area contributed by atoms with E-state index < -0.39 is 11.0 Å². The van der Waals surface area contributed by atoms with Crippen molar-refractivity contribution in [3.63, 3.8) is 0 Å². The van der Waals surface area contributed by atoms with Crippen molar-refractivity contribution in [2.75, 3.05) is 33.4 Å². The quantitative estimate of drug-likeness (QED) is 0.695. The van der Waals surface area contributed by atoms with E-state index in [2.05, 4.69) is 11.0 Å². The molecule has 164 valence electrons. The Kier molecular flexibility index (Phi) is 4.40. The Labute approximate surface area is 178 Å². The van der Waals surface area contributed by atoms with Gasteiger partial charge in [0.05, 0.1) is 30.3 Å². The third-order valence-electron chi connectivity index (χ3n) is 8.86. The molecule has 2 aliphatic heterocycles. The van der Waals surface area contributed by atoms with Gasteiger partial charge in [-0.2, -0.15) is 0 Å². The van der Waals surface area contributed by atoms with Gasteiger partial charge >= 0.3 is 0 Å². The fourth-order valence-electron chi connectivity index (χ4n) is 7.26. The summed E-state index contributed by atoms with van der Waals surface area (Å²) in [6.07, 6.45) is 6.80. The lowest BCUT2D eigenvalue weighted by Crippen LogP contribution is -2.77. The van der Waals surface area contributed by atoms with Crippen LogP contribution in [0.1, 0.15) is 49.7 Å². The number of aromatic hydroxyl groups is 1. The van der Waals surface area contributed by atoms with Crippen molar-refractivity contribution >= 4 is 0 Å². The lowest BCUT2D eigenvalue weighted by molar-refractivity contribution is -0.217. The van der Waals surface area contributed by atoms with Crippen molar-refractivity contribution in [1.82, 2.24) is 4.90 Å². The highest BCUT2D eigenvalue weighted by atomic mass is 16.6. The minimum absolute atomic E-state index is 0.1000. The highest BCUT2D eigenvalue weighted by Crippen LogP contribution is 2.65. The van der Waals surface area contributed by atoms with Crippen molar-refractivity contribution in [2.45, 2.75) is 74.2 Å². The maximum Gasteiger partial charge on any atom is 0.165 e. The molecule has 0 radical (unpaired) electrons. The molecule has 2 heterocycles. The first kappa shape index (κ1) is 19.4. The SMILES string of the molecule is COCCO[C@H]1CC[C@@]2(O)[C@H]3Cc4ccc(O)c5c4[C@@]2(CCN3CC2CCC2)C1O5. The zero-order valence-corrected chi connectivity index (χ0v) is 17.8. The van der Waals surface area contributed by atoms with E-state index in [9.17, 15) is 10.2 Å². The Morgan fingerprint density at radius 2 is 2.07 bits per heavy atom. The standard InChI is InChI=1S/C24H33NO5/c1-28-11-12-29-18-7-8-24(27)19-13-16-5-6-17(26)21-20(16)23(24,22(18)30-21)9-10-25(19)14-15-3-2-4-15/h5-6,15,18-19,22,26-27H,2-4,7-14H2,1H3/t18-,19+,22?,23-,24+/m0/s1. The molecule has 1 aromatic rings. The number of aliphatic hydroxyl groups is 1. The zero-order valence-electron chi connectivity index (χ0n) is 17.8. The van der Waals surface area contributed by atoms with Gasteiger partial charge in [0.1, 0.15) is 6.10 Å². The van der Waals surface area contributed by atoms with Gasteiger partial charge in [0.2, 0.25) is 0 Å². The number of ether oxygens (including phenoxy) is 3. The fraction of sp³-hybridized carbons (Fsp3) is 0.750. The lowest BCUT2D eigenvalue weighted by atomic mass is 9.48. The fourth-order valence-corrected chi connectivity index (χ4v) is 7.26. The first-order chi connectivity index (χ1) is 14.6. The third kappa shape index (κ3) is 2.39. The molecule has 2 saturated carbocycles. The topological polar surface area (TPSA) is 71.4 Å². The van der Waals surface area contributed by atoms with Gasteiger partial charge in [-0.1, -0.05) is 12.5 Å². The largest absolute Gasteiger partial charge is 0.504 e. The summed E-state index contributed by atoms with van der Waals surface area (Å²) in [6, 6.07) is 3.93. The Balaban J connectivity index is 1.42. The molecule has 3 fully saturated rings. The second-order valence-electron chi connectivity index (χ2n) is 10.1. The molecule has 3 aliphatic carbocycles. The minimum Gasteiger partial charge on any atom is -0.504 e. The van der Waals surface area contributed by atoms with Crippen LogP contribution in [0.3, 0.4) is 0 Å². The summed E-state index contributed by atoms with van der Waals surface area (Å²) < 4.78 is 17.9. The summed E-state index contributed by atoms with van der Waals surface area (Å²) >= 11 is 0. The Hall–Kier alpha value is -1.34. The molecule has 0 aromatic heterocycles. The van der Waals surface area contributed by atoms with E-state index in [1.54, 1.807) is 13.2 Å². The number of phenolic OH excluding ortho intramolecular Hbond substituents is 1. The minimum atomic E-state index is -0.840. The van der Waals surface area contributed by atoms with Gasteiger partial charge in [-0.15, -0.1) is 0 Å². The molecule has 6 heteroatoms. The van der Waals surface area contributed by atoms with Gasteiger partial charge in [0, 0.05) is 25.3 Å². The monoisotopic (exact) mass is 415 g/mol. The number of methoxy groups -OCH3 is 1. The van der Waals surface area contributed by atoms with Crippen LogP contribution >= 0.6 is 0 Å². The van der Waals surface area contributed by atoms with Gasteiger partial charge in [-0.05, 0) is 62.6 Å². The molecular weight excluding hydrogens is 382 g/mol. The van der Waals surface area contributed by atoms with Crippen molar-refractivity contribution in [3.8, 4) is 11.5 Å². The van der Waals surface area contributed by atoms with Crippen molar-refractivity contribution < 1.29 is 24.4 Å². The molecule has 6 rings (SSSR count). The highest BCUT2D eigenvalue weighted by Gasteiger charge is 2.73. The average molecular weight is 416 g/mol. The summed E-state index contributed by atoms with van der Waals surface area (Å²) in [5, 5.41) is 23.0. The summed E-state index contributed by atoms with van der Waals surface area (Å²) in [7, 11) is 1.68. The van der Waals surface area contributed by atoms with Crippen molar-refractivity contribution in [3.05, 3.63) is 23.3 Å². The maximum absolute atomic E-state index is 12.4. The van der Waals surface area contributed by atoms with E-state index in [0.717, 1.165) is 43.8 Å². The molecule has 5 atom stereocenters. The predicted molar refractivity (Wildman–Crippen MR) is 111 cm³/mol. The number of benzene rings is 1. The smallest absolute Gasteiger partial charge is 0.165 e. The van der Waals surface area contributed by atoms with Crippen LogP contribution in [-0.2, 0) is 21.3 Å². The second-order valence-corrected chi connectivity index (χ2v) is 10.1. The van der Waals surface area contributed by atoms with Gasteiger partial charge < -0.3 is 24.4 Å². The third-order valence-corrected chi connectivity index (χ3v) is 8.86. The zero-order chi connectivity index (χ0) is 20.5. The number of nitrogens with zero attached hydrogens (tertiary/aromatic N) is 1. The summed E-state index contributed by atoms with van der Waals surface area (Å²) in [4.78, 5) is 2.58. The summed E-state index contributed by atoms with van der Waals surface area (Å²) in [6.45, 7) is 3.13. The van der Waals surface area contributed by atoms with Gasteiger partial charge in [-0.25, -0.2) is 0 Å². The molecule has 5 aliphatic rings. The molecule has 1 saturated heterocycles. The molecule has 1 aromatic carbocycles. The molecule has 30 heavy (non-hydrogen) atoms. The number of rotatable bonds is 6. The van der Waals surface area contributed by atoms with E-state index in [4.69, 9.17) is 14.2 Å². The van der Waals surface area contributed by atoms with Gasteiger partial charge in [0.15, 0.2) is 11.5 Å². The first-order valence-electron chi connectivity index (χ1n) is 11.7. The summed E-state index contributed by atoms with van der Waals surface area (Å²) in [5.74, 6) is 1.55. The van der Waals surface area contributed by atoms with E-state index in [1.165, 1.54) is 24.8 Å². The molecule has 0 amide bonds. The number of hydrogen-bond donors (Lipinski definition) is 2. The maximum atomic E-state index is 12.4. The first-order valence-corrected chi connectivity index (χ1v) is 11.7. The van der Waals surface area contributed by atoms with Crippen LogP contribution in [0.5, 0.6) is 11.5 Å². The van der Waals surface area contributed by atoms with Crippen molar-refractivity contribution in [2.24, 2.45) is 5.92 Å². The molecule has 2 bridgehead atoms. The van der Waals surface area contributed by atoms with Crippen LogP contribution < -0.4 is 4.74 Å². The number of phenols is 1. The molecule has 2 N–H and O–H groups in total. The second kappa shape index (κ2) is 6.83.